The normalized spacial score (nSPS) is 16.0. The lowest BCUT2D eigenvalue weighted by atomic mass is 9.90. The molecule has 1 aromatic rings. The summed E-state index contributed by atoms with van der Waals surface area (Å²) in [6.45, 7) is 2.37. The Kier molecular flexibility index (Phi) is 5.40. The van der Waals surface area contributed by atoms with Gasteiger partial charge in [-0.2, -0.15) is 0 Å². The number of nitrogens with zero attached hydrogens (tertiary/aromatic N) is 1. The number of alkyl halides is 2. The van der Waals surface area contributed by atoms with Crippen LogP contribution in [0.1, 0.15) is 28.8 Å². The molecule has 0 bridgehead atoms. The Bertz CT molecular complexity index is 548. The predicted octanol–water partition coefficient (Wildman–Crippen LogP) is 1.20. The van der Waals surface area contributed by atoms with Gasteiger partial charge in [-0.25, -0.2) is 13.6 Å². The van der Waals surface area contributed by atoms with Crippen LogP contribution in [-0.4, -0.2) is 51.1 Å². The molecule has 0 saturated carbocycles. The van der Waals surface area contributed by atoms with E-state index in [1.54, 1.807) is 31.8 Å². The van der Waals surface area contributed by atoms with Crippen molar-refractivity contribution in [3.63, 3.8) is 0 Å². The maximum absolute atomic E-state index is 13.0. The molecule has 0 amide bonds. The average Bonchev–Trinajstić information content (AvgIpc) is 2.47. The summed E-state index contributed by atoms with van der Waals surface area (Å²) in [5.41, 5.74) is 2.04. The summed E-state index contributed by atoms with van der Waals surface area (Å²) in [4.78, 5) is 13.0. The van der Waals surface area contributed by atoms with Gasteiger partial charge in [0.2, 0.25) is 0 Å². The van der Waals surface area contributed by atoms with Gasteiger partial charge in [-0.05, 0) is 31.4 Å². The topological polar surface area (TPSA) is 49.8 Å². The molecular weight excluding hydrogens is 291 g/mol. The molecule has 1 aliphatic rings. The highest BCUT2D eigenvalue weighted by molar-refractivity contribution is 6.33. The lowest BCUT2D eigenvalue weighted by Crippen LogP contribution is -2.43. The smallest absolute Gasteiger partial charge is 0.336 e. The lowest BCUT2D eigenvalue weighted by molar-refractivity contribution is 0.0695. The minimum Gasteiger partial charge on any atom is -0.478 e. The zero-order valence-corrected chi connectivity index (χ0v) is 12.8. The molecular formula is C15H20BF2NO3. The molecule has 7 heteroatoms. The van der Waals surface area contributed by atoms with Gasteiger partial charge in [-0.15, -0.1) is 0 Å². The summed E-state index contributed by atoms with van der Waals surface area (Å²) in [7, 11) is 1.78. The number of hydrogen-bond acceptors (Lipinski definition) is 3. The van der Waals surface area contributed by atoms with Crippen LogP contribution in [0.3, 0.4) is 0 Å². The Morgan fingerprint density at radius 2 is 2.09 bits per heavy atom. The van der Waals surface area contributed by atoms with E-state index in [-0.39, 0.29) is 11.6 Å². The Morgan fingerprint density at radius 3 is 2.64 bits per heavy atom. The molecule has 0 spiro atoms. The maximum Gasteiger partial charge on any atom is 0.336 e. The van der Waals surface area contributed by atoms with Gasteiger partial charge in [0.05, 0.1) is 12.1 Å². The van der Waals surface area contributed by atoms with E-state index in [0.717, 1.165) is 5.46 Å². The molecule has 1 aliphatic heterocycles. The molecule has 2 rings (SSSR count). The number of benzene rings is 1. The first-order valence-corrected chi connectivity index (χ1v) is 7.37. The van der Waals surface area contributed by atoms with Crippen LogP contribution >= 0.6 is 0 Å². The van der Waals surface area contributed by atoms with E-state index in [9.17, 15) is 18.7 Å². The fraction of sp³-hybridized carbons (Fsp3) is 0.533. The van der Waals surface area contributed by atoms with Crippen molar-refractivity contribution in [2.75, 3.05) is 24.7 Å². The van der Waals surface area contributed by atoms with E-state index in [0.29, 0.717) is 37.3 Å². The van der Waals surface area contributed by atoms with Gasteiger partial charge in [0.1, 0.15) is 7.85 Å². The first-order valence-electron chi connectivity index (χ1n) is 7.37. The summed E-state index contributed by atoms with van der Waals surface area (Å²) >= 11 is 0. The van der Waals surface area contributed by atoms with Crippen molar-refractivity contribution < 1.29 is 23.4 Å². The summed E-state index contributed by atoms with van der Waals surface area (Å²) in [5, 5.41) is 9.30. The van der Waals surface area contributed by atoms with Crippen molar-refractivity contribution in [1.29, 1.82) is 0 Å². The van der Waals surface area contributed by atoms with Crippen molar-refractivity contribution in [1.82, 2.24) is 0 Å². The number of hydrogen-bond donors (Lipinski definition) is 1. The highest BCUT2D eigenvalue weighted by atomic mass is 19.3. The fourth-order valence-electron chi connectivity index (χ4n) is 2.95. The van der Waals surface area contributed by atoms with E-state index in [4.69, 9.17) is 4.74 Å². The molecule has 0 unspecified atom stereocenters. The molecule has 120 valence electrons. The van der Waals surface area contributed by atoms with Crippen LogP contribution < -0.4 is 10.4 Å². The summed E-state index contributed by atoms with van der Waals surface area (Å²) in [6, 6.07) is 3.32. The second kappa shape index (κ2) is 7.09. The van der Waals surface area contributed by atoms with Crippen molar-refractivity contribution in [2.45, 2.75) is 32.2 Å². The second-order valence-electron chi connectivity index (χ2n) is 5.65. The minimum absolute atomic E-state index is 0.0510. The lowest BCUT2D eigenvalue weighted by Gasteiger charge is -2.37. The van der Waals surface area contributed by atoms with Gasteiger partial charge in [0, 0.05) is 24.9 Å². The van der Waals surface area contributed by atoms with Crippen molar-refractivity contribution in [3.8, 4) is 0 Å². The van der Waals surface area contributed by atoms with Crippen LogP contribution in [-0.2, 0) is 4.74 Å². The largest absolute Gasteiger partial charge is 0.478 e. The Hall–Kier alpha value is -1.63. The fourth-order valence-corrected chi connectivity index (χ4v) is 2.95. The standard InChI is InChI=1S/C15H20BF2NO3/c1-9-12(15(20)21)6-10(16)7-13(9)19(8-14(17)18)11-2-4-22-5-3-11/h6-7,11,14H,2-5,8,16H2,1H3,(H,20,21). The van der Waals surface area contributed by atoms with Crippen LogP contribution in [0, 0.1) is 6.92 Å². The highest BCUT2D eigenvalue weighted by Crippen LogP contribution is 2.28. The van der Waals surface area contributed by atoms with Crippen molar-refractivity contribution in [2.24, 2.45) is 0 Å². The minimum atomic E-state index is -2.48. The van der Waals surface area contributed by atoms with E-state index in [2.05, 4.69) is 0 Å². The molecule has 1 heterocycles. The van der Waals surface area contributed by atoms with Gasteiger partial charge in [-0.1, -0.05) is 11.5 Å². The number of ether oxygens (including phenoxy) is 1. The van der Waals surface area contributed by atoms with E-state index >= 15 is 0 Å². The van der Waals surface area contributed by atoms with Gasteiger partial charge >= 0.3 is 5.97 Å². The van der Waals surface area contributed by atoms with Crippen LogP contribution in [0.5, 0.6) is 0 Å². The molecule has 1 N–H and O–H groups in total. The number of rotatable bonds is 5. The highest BCUT2D eigenvalue weighted by Gasteiger charge is 2.27. The quantitative estimate of drug-likeness (QED) is 0.830. The molecule has 22 heavy (non-hydrogen) atoms. The van der Waals surface area contributed by atoms with Gasteiger partial charge in [0.15, 0.2) is 0 Å². The molecule has 4 nitrogen and oxygen atoms in total. The molecule has 1 fully saturated rings. The predicted molar refractivity (Wildman–Crippen MR) is 83.5 cm³/mol. The van der Waals surface area contributed by atoms with E-state index in [1.165, 1.54) is 0 Å². The molecule has 0 radical (unpaired) electrons. The van der Waals surface area contributed by atoms with Crippen LogP contribution in [0.2, 0.25) is 0 Å². The van der Waals surface area contributed by atoms with Crippen LogP contribution in [0.25, 0.3) is 0 Å². The van der Waals surface area contributed by atoms with Gasteiger partial charge in [-0.3, -0.25) is 0 Å². The number of aromatic carboxylic acids is 1. The Morgan fingerprint density at radius 1 is 1.45 bits per heavy atom. The van der Waals surface area contributed by atoms with Crippen molar-refractivity contribution in [3.05, 3.63) is 23.3 Å². The second-order valence-corrected chi connectivity index (χ2v) is 5.65. The molecule has 0 aliphatic carbocycles. The number of carboxylic acids is 1. The zero-order chi connectivity index (χ0) is 16.3. The summed E-state index contributed by atoms with van der Waals surface area (Å²) in [6.07, 6.45) is -1.14. The number of carboxylic acid groups (broad SMARTS) is 1. The Balaban J connectivity index is 2.43. The zero-order valence-electron chi connectivity index (χ0n) is 12.8. The third-order valence-electron chi connectivity index (χ3n) is 4.03. The molecule has 0 aromatic heterocycles. The third kappa shape index (κ3) is 3.77. The average molecular weight is 311 g/mol. The van der Waals surface area contributed by atoms with Gasteiger partial charge in [0.25, 0.3) is 6.43 Å². The van der Waals surface area contributed by atoms with Gasteiger partial charge < -0.3 is 14.7 Å². The monoisotopic (exact) mass is 311 g/mol. The SMILES string of the molecule is Bc1cc(C(=O)O)c(C)c(N(CC(F)F)C2CCOCC2)c1. The Labute approximate surface area is 129 Å². The summed E-state index contributed by atoms with van der Waals surface area (Å²) in [5.74, 6) is -1.04. The van der Waals surface area contributed by atoms with Crippen molar-refractivity contribution >= 4 is 25.0 Å². The first kappa shape index (κ1) is 16.7. The van der Waals surface area contributed by atoms with Crippen LogP contribution in [0.4, 0.5) is 14.5 Å². The third-order valence-corrected chi connectivity index (χ3v) is 4.03. The number of carbonyl (C=O) groups is 1. The molecule has 1 saturated heterocycles. The van der Waals surface area contributed by atoms with E-state index < -0.39 is 18.9 Å². The summed E-state index contributed by atoms with van der Waals surface area (Å²) < 4.78 is 31.4. The number of halogens is 2. The number of anilines is 1. The first-order chi connectivity index (χ1) is 10.4. The molecule has 0 atom stereocenters. The van der Waals surface area contributed by atoms with E-state index in [1.807, 2.05) is 0 Å². The van der Waals surface area contributed by atoms with Crippen LogP contribution in [0.15, 0.2) is 12.1 Å². The molecule has 1 aromatic carbocycles. The maximum atomic E-state index is 13.0.